The molecule has 0 unspecified atom stereocenters. The van der Waals surface area contributed by atoms with E-state index < -0.39 is 0 Å². The molecule has 2 N–H and O–H groups in total. The van der Waals surface area contributed by atoms with Gasteiger partial charge in [0.1, 0.15) is 11.6 Å². The van der Waals surface area contributed by atoms with Gasteiger partial charge in [0, 0.05) is 24.2 Å². The summed E-state index contributed by atoms with van der Waals surface area (Å²) < 4.78 is 18.8. The molecule has 0 atom stereocenters. The van der Waals surface area contributed by atoms with Gasteiger partial charge in [-0.3, -0.25) is 4.79 Å². The lowest BCUT2D eigenvalue weighted by Crippen LogP contribution is -2.35. The zero-order chi connectivity index (χ0) is 15.9. The summed E-state index contributed by atoms with van der Waals surface area (Å²) in [6.07, 6.45) is 1.59. The first-order valence-electron chi connectivity index (χ1n) is 6.85. The number of benzene rings is 1. The molecule has 0 radical (unpaired) electrons. The molecule has 0 saturated carbocycles. The second kappa shape index (κ2) is 7.78. The van der Waals surface area contributed by atoms with Gasteiger partial charge in [-0.25, -0.2) is 4.39 Å². The van der Waals surface area contributed by atoms with Crippen LogP contribution in [0.3, 0.4) is 0 Å². The van der Waals surface area contributed by atoms with Crippen molar-refractivity contribution in [2.45, 2.75) is 32.9 Å². The molecular weight excluding hydrogens is 271 g/mol. The maximum atomic E-state index is 13.4. The average Bonchev–Trinajstić information content (AvgIpc) is 2.41. The van der Waals surface area contributed by atoms with Gasteiger partial charge in [-0.15, -0.1) is 6.58 Å². The van der Waals surface area contributed by atoms with E-state index in [1.165, 1.54) is 18.2 Å². The molecule has 1 amide bonds. The van der Waals surface area contributed by atoms with E-state index in [-0.39, 0.29) is 23.9 Å². The van der Waals surface area contributed by atoms with Crippen LogP contribution in [0.4, 0.5) is 4.39 Å². The van der Waals surface area contributed by atoms with Gasteiger partial charge < -0.3 is 15.4 Å². The van der Waals surface area contributed by atoms with Crippen molar-refractivity contribution in [3.63, 3.8) is 0 Å². The van der Waals surface area contributed by atoms with Gasteiger partial charge >= 0.3 is 0 Å². The number of carbonyl (C=O) groups is 1. The second-order valence-electron chi connectivity index (χ2n) is 5.74. The quantitative estimate of drug-likeness (QED) is 0.759. The van der Waals surface area contributed by atoms with Crippen molar-refractivity contribution in [1.82, 2.24) is 10.6 Å². The molecule has 4 nitrogen and oxygen atoms in total. The average molecular weight is 294 g/mol. The lowest BCUT2D eigenvalue weighted by atomic mass is 10.1. The predicted molar refractivity (Wildman–Crippen MR) is 81.7 cm³/mol. The van der Waals surface area contributed by atoms with Crippen molar-refractivity contribution in [1.29, 1.82) is 0 Å². The summed E-state index contributed by atoms with van der Waals surface area (Å²) in [4.78, 5) is 11.5. The Morgan fingerprint density at radius 1 is 1.43 bits per heavy atom. The van der Waals surface area contributed by atoms with Crippen LogP contribution in [0.2, 0.25) is 0 Å². The van der Waals surface area contributed by atoms with Crippen molar-refractivity contribution < 1.29 is 13.9 Å². The van der Waals surface area contributed by atoms with Crippen LogP contribution in [-0.2, 0) is 11.3 Å². The number of amides is 1. The molecule has 21 heavy (non-hydrogen) atoms. The maximum absolute atomic E-state index is 13.4. The molecule has 1 aromatic carbocycles. The molecule has 0 aliphatic heterocycles. The third-order valence-corrected chi connectivity index (χ3v) is 2.63. The minimum atomic E-state index is -0.329. The first-order valence-corrected chi connectivity index (χ1v) is 6.85. The third-order valence-electron chi connectivity index (χ3n) is 2.63. The van der Waals surface area contributed by atoms with Crippen molar-refractivity contribution in [2.75, 3.05) is 13.2 Å². The van der Waals surface area contributed by atoms with Crippen LogP contribution in [0.25, 0.3) is 0 Å². The molecule has 0 bridgehead atoms. The van der Waals surface area contributed by atoms with Crippen molar-refractivity contribution in [2.24, 2.45) is 0 Å². The highest BCUT2D eigenvalue weighted by Crippen LogP contribution is 2.20. The van der Waals surface area contributed by atoms with Gasteiger partial charge in [-0.05, 0) is 39.0 Å². The van der Waals surface area contributed by atoms with Gasteiger partial charge in [0.2, 0.25) is 0 Å². The van der Waals surface area contributed by atoms with Crippen LogP contribution in [0.5, 0.6) is 5.75 Å². The zero-order valence-corrected chi connectivity index (χ0v) is 12.8. The number of hydrogen-bond donors (Lipinski definition) is 2. The number of carbonyl (C=O) groups excluding carboxylic acids is 1. The Morgan fingerprint density at radius 2 is 2.14 bits per heavy atom. The van der Waals surface area contributed by atoms with Crippen LogP contribution in [0.15, 0.2) is 30.9 Å². The SMILES string of the molecule is C=CCNC(=O)COc1ccc(F)cc1CNC(C)(C)C. The first-order chi connectivity index (χ1) is 9.81. The number of rotatable bonds is 7. The number of hydrogen-bond acceptors (Lipinski definition) is 3. The van der Waals surface area contributed by atoms with Crippen LogP contribution in [0, 0.1) is 5.82 Å². The third kappa shape index (κ3) is 6.90. The van der Waals surface area contributed by atoms with Crippen molar-refractivity contribution in [3.05, 3.63) is 42.2 Å². The summed E-state index contributed by atoms with van der Waals surface area (Å²) in [5.74, 6) is -0.0694. The molecule has 116 valence electrons. The minimum Gasteiger partial charge on any atom is -0.483 e. The molecule has 0 aliphatic rings. The second-order valence-corrected chi connectivity index (χ2v) is 5.74. The molecule has 0 fully saturated rings. The monoisotopic (exact) mass is 294 g/mol. The first kappa shape index (κ1) is 17.2. The predicted octanol–water partition coefficient (Wildman–Crippen LogP) is 2.39. The molecule has 1 rings (SSSR count). The van der Waals surface area contributed by atoms with E-state index in [0.29, 0.717) is 24.4 Å². The van der Waals surface area contributed by atoms with Gasteiger partial charge in [0.25, 0.3) is 5.91 Å². The smallest absolute Gasteiger partial charge is 0.258 e. The van der Waals surface area contributed by atoms with Crippen LogP contribution in [0.1, 0.15) is 26.3 Å². The number of nitrogens with one attached hydrogen (secondary N) is 2. The summed E-state index contributed by atoms with van der Waals surface area (Å²) in [5.41, 5.74) is 0.590. The topological polar surface area (TPSA) is 50.4 Å². The molecule has 0 aromatic heterocycles. The van der Waals surface area contributed by atoms with Gasteiger partial charge in [0.15, 0.2) is 6.61 Å². The number of ether oxygens (including phenoxy) is 1. The normalized spacial score (nSPS) is 11.0. The van der Waals surface area contributed by atoms with E-state index in [9.17, 15) is 9.18 Å². The van der Waals surface area contributed by atoms with E-state index >= 15 is 0 Å². The van der Waals surface area contributed by atoms with E-state index in [1.54, 1.807) is 6.08 Å². The largest absolute Gasteiger partial charge is 0.483 e. The van der Waals surface area contributed by atoms with Gasteiger partial charge in [-0.1, -0.05) is 6.08 Å². The summed E-state index contributed by atoms with van der Waals surface area (Å²) in [6.45, 7) is 10.3. The maximum Gasteiger partial charge on any atom is 0.258 e. The van der Waals surface area contributed by atoms with E-state index in [1.807, 2.05) is 20.8 Å². The fourth-order valence-electron chi connectivity index (χ4n) is 1.57. The van der Waals surface area contributed by atoms with E-state index in [0.717, 1.165) is 0 Å². The van der Waals surface area contributed by atoms with Gasteiger partial charge in [0.05, 0.1) is 0 Å². The molecule has 5 heteroatoms. The highest BCUT2D eigenvalue weighted by atomic mass is 19.1. The Kier molecular flexibility index (Phi) is 6.37. The number of halogens is 1. The molecule has 0 spiro atoms. The molecule has 1 aromatic rings. The van der Waals surface area contributed by atoms with Crippen molar-refractivity contribution >= 4 is 5.91 Å². The Balaban J connectivity index is 2.68. The Morgan fingerprint density at radius 3 is 2.76 bits per heavy atom. The van der Waals surface area contributed by atoms with E-state index in [4.69, 9.17) is 4.74 Å². The van der Waals surface area contributed by atoms with Crippen molar-refractivity contribution in [3.8, 4) is 5.75 Å². The summed E-state index contributed by atoms with van der Waals surface area (Å²) in [5, 5.41) is 5.89. The van der Waals surface area contributed by atoms with Crippen LogP contribution >= 0.6 is 0 Å². The highest BCUT2D eigenvalue weighted by Gasteiger charge is 2.12. The fraction of sp³-hybridized carbons (Fsp3) is 0.438. The van der Waals surface area contributed by atoms with Gasteiger partial charge in [-0.2, -0.15) is 0 Å². The zero-order valence-electron chi connectivity index (χ0n) is 12.8. The van der Waals surface area contributed by atoms with Crippen LogP contribution < -0.4 is 15.4 Å². The summed E-state index contributed by atoms with van der Waals surface area (Å²) in [6, 6.07) is 4.27. The highest BCUT2D eigenvalue weighted by molar-refractivity contribution is 5.77. The van der Waals surface area contributed by atoms with Crippen LogP contribution in [-0.4, -0.2) is 24.6 Å². The lowest BCUT2D eigenvalue weighted by molar-refractivity contribution is -0.122. The molecule has 0 heterocycles. The lowest BCUT2D eigenvalue weighted by Gasteiger charge is -2.21. The Hall–Kier alpha value is -1.88. The Bertz CT molecular complexity index is 496. The fourth-order valence-corrected chi connectivity index (χ4v) is 1.57. The Labute approximate surface area is 125 Å². The standard InChI is InChI=1S/C16H23FN2O2/c1-5-8-18-15(20)11-21-14-7-6-13(17)9-12(14)10-19-16(2,3)4/h5-7,9,19H,1,8,10-11H2,2-4H3,(H,18,20). The molecule has 0 aliphatic carbocycles. The molecular formula is C16H23FN2O2. The minimum absolute atomic E-state index is 0.0923. The molecule has 0 saturated heterocycles. The van der Waals surface area contributed by atoms with E-state index in [2.05, 4.69) is 17.2 Å². The summed E-state index contributed by atoms with van der Waals surface area (Å²) in [7, 11) is 0. The summed E-state index contributed by atoms with van der Waals surface area (Å²) >= 11 is 0.